The molecule has 1 aromatic rings. The molecule has 0 radical (unpaired) electrons. The monoisotopic (exact) mass is 194 g/mol. The number of nitrogens with two attached hydrogens (primary N) is 1. The maximum atomic E-state index is 11.1. The SMILES string of the molecule is CNC(=O)CN(C)c1ccnc(N)c1. The first-order valence-corrected chi connectivity index (χ1v) is 4.26. The maximum absolute atomic E-state index is 11.1. The van der Waals surface area contributed by atoms with E-state index in [4.69, 9.17) is 5.73 Å². The van der Waals surface area contributed by atoms with Crippen molar-refractivity contribution in [2.45, 2.75) is 0 Å². The summed E-state index contributed by atoms with van der Waals surface area (Å²) in [4.78, 5) is 16.8. The number of hydrogen-bond donors (Lipinski definition) is 2. The minimum atomic E-state index is -0.0390. The number of pyridine rings is 1. The number of aromatic nitrogens is 1. The van der Waals surface area contributed by atoms with E-state index in [2.05, 4.69) is 10.3 Å². The Bertz CT molecular complexity index is 326. The lowest BCUT2D eigenvalue weighted by Crippen LogP contribution is -2.32. The number of amides is 1. The van der Waals surface area contributed by atoms with Crippen molar-refractivity contribution in [3.05, 3.63) is 18.3 Å². The van der Waals surface area contributed by atoms with Crippen LogP contribution < -0.4 is 16.0 Å². The lowest BCUT2D eigenvalue weighted by molar-refractivity contribution is -0.119. The Morgan fingerprint density at radius 1 is 1.71 bits per heavy atom. The van der Waals surface area contributed by atoms with E-state index in [1.807, 2.05) is 7.05 Å². The van der Waals surface area contributed by atoms with Gasteiger partial charge in [-0.15, -0.1) is 0 Å². The molecule has 5 nitrogen and oxygen atoms in total. The first-order chi connectivity index (χ1) is 6.63. The predicted molar refractivity (Wildman–Crippen MR) is 56.0 cm³/mol. The highest BCUT2D eigenvalue weighted by molar-refractivity contribution is 5.81. The van der Waals surface area contributed by atoms with Crippen LogP contribution in [0.2, 0.25) is 0 Å². The van der Waals surface area contributed by atoms with Crippen molar-refractivity contribution in [2.75, 3.05) is 31.3 Å². The Labute approximate surface area is 82.9 Å². The predicted octanol–water partition coefficient (Wildman–Crippen LogP) is -0.154. The summed E-state index contributed by atoms with van der Waals surface area (Å²) in [5.41, 5.74) is 6.40. The Kier molecular flexibility index (Phi) is 3.28. The van der Waals surface area contributed by atoms with E-state index < -0.39 is 0 Å². The van der Waals surface area contributed by atoms with Crippen molar-refractivity contribution in [3.63, 3.8) is 0 Å². The molecule has 76 valence electrons. The first-order valence-electron chi connectivity index (χ1n) is 4.26. The molecule has 0 aromatic carbocycles. The van der Waals surface area contributed by atoms with Crippen LogP contribution in [0.25, 0.3) is 0 Å². The van der Waals surface area contributed by atoms with Crippen LogP contribution in [0.5, 0.6) is 0 Å². The quantitative estimate of drug-likeness (QED) is 0.701. The second kappa shape index (κ2) is 4.45. The van der Waals surface area contributed by atoms with Gasteiger partial charge in [-0.05, 0) is 6.07 Å². The molecule has 14 heavy (non-hydrogen) atoms. The topological polar surface area (TPSA) is 71.2 Å². The molecule has 0 fully saturated rings. The van der Waals surface area contributed by atoms with E-state index in [1.54, 1.807) is 30.3 Å². The van der Waals surface area contributed by atoms with E-state index in [0.717, 1.165) is 5.69 Å². The highest BCUT2D eigenvalue weighted by atomic mass is 16.1. The molecule has 0 saturated carbocycles. The molecule has 1 rings (SSSR count). The third-order valence-corrected chi connectivity index (χ3v) is 1.87. The molecule has 3 N–H and O–H groups in total. The van der Waals surface area contributed by atoms with Gasteiger partial charge in [0.05, 0.1) is 6.54 Å². The maximum Gasteiger partial charge on any atom is 0.239 e. The summed E-state index contributed by atoms with van der Waals surface area (Å²) in [5, 5.41) is 2.55. The Morgan fingerprint density at radius 2 is 2.43 bits per heavy atom. The van der Waals surface area contributed by atoms with Crippen molar-refractivity contribution in [1.29, 1.82) is 0 Å². The molecule has 0 unspecified atom stereocenters. The van der Waals surface area contributed by atoms with Gasteiger partial charge < -0.3 is 16.0 Å². The molecule has 1 amide bonds. The molecule has 0 aliphatic heterocycles. The van der Waals surface area contributed by atoms with Crippen molar-refractivity contribution >= 4 is 17.4 Å². The number of carbonyl (C=O) groups is 1. The van der Waals surface area contributed by atoms with Gasteiger partial charge in [-0.25, -0.2) is 4.98 Å². The number of nitrogens with one attached hydrogen (secondary N) is 1. The molecule has 0 bridgehead atoms. The fraction of sp³-hybridized carbons (Fsp3) is 0.333. The molecular weight excluding hydrogens is 180 g/mol. The standard InChI is InChI=1S/C9H14N4O/c1-11-9(14)6-13(2)7-3-4-12-8(10)5-7/h3-5H,6H2,1-2H3,(H2,10,12)(H,11,14). The van der Waals surface area contributed by atoms with Crippen molar-refractivity contribution in [1.82, 2.24) is 10.3 Å². The van der Waals surface area contributed by atoms with Crippen LogP contribution in [0.4, 0.5) is 11.5 Å². The summed E-state index contributed by atoms with van der Waals surface area (Å²) in [6.45, 7) is 0.306. The lowest BCUT2D eigenvalue weighted by Gasteiger charge is -2.17. The van der Waals surface area contributed by atoms with Crippen LogP contribution in [0.15, 0.2) is 18.3 Å². The lowest BCUT2D eigenvalue weighted by atomic mass is 10.3. The Hall–Kier alpha value is -1.78. The van der Waals surface area contributed by atoms with Crippen LogP contribution in [-0.4, -0.2) is 31.5 Å². The van der Waals surface area contributed by atoms with Crippen LogP contribution in [0, 0.1) is 0 Å². The molecule has 0 aliphatic carbocycles. The van der Waals surface area contributed by atoms with Crippen molar-refractivity contribution in [3.8, 4) is 0 Å². The highest BCUT2D eigenvalue weighted by Crippen LogP contribution is 2.12. The number of anilines is 2. The number of nitrogens with zero attached hydrogens (tertiary/aromatic N) is 2. The van der Waals surface area contributed by atoms with E-state index >= 15 is 0 Å². The second-order valence-corrected chi connectivity index (χ2v) is 2.97. The summed E-state index contributed by atoms with van der Waals surface area (Å²) in [7, 11) is 3.43. The van der Waals surface area contributed by atoms with Gasteiger partial charge >= 0.3 is 0 Å². The zero-order valence-corrected chi connectivity index (χ0v) is 8.32. The van der Waals surface area contributed by atoms with Crippen molar-refractivity contribution in [2.24, 2.45) is 0 Å². The van der Waals surface area contributed by atoms with Gasteiger partial charge in [-0.3, -0.25) is 4.79 Å². The van der Waals surface area contributed by atoms with E-state index in [-0.39, 0.29) is 5.91 Å². The summed E-state index contributed by atoms with van der Waals surface area (Å²) < 4.78 is 0. The highest BCUT2D eigenvalue weighted by Gasteiger charge is 2.05. The summed E-state index contributed by atoms with van der Waals surface area (Å²) in [6, 6.07) is 3.53. The molecular formula is C9H14N4O. The van der Waals surface area contributed by atoms with Gasteiger partial charge in [-0.1, -0.05) is 0 Å². The summed E-state index contributed by atoms with van der Waals surface area (Å²) >= 11 is 0. The minimum absolute atomic E-state index is 0.0390. The van der Waals surface area contributed by atoms with E-state index in [1.165, 1.54) is 0 Å². The first kappa shape index (κ1) is 10.3. The number of carbonyl (C=O) groups excluding carboxylic acids is 1. The number of likely N-dealkylation sites (N-methyl/N-ethyl adjacent to an activating group) is 2. The van der Waals surface area contributed by atoms with Crippen LogP contribution in [0.3, 0.4) is 0 Å². The van der Waals surface area contributed by atoms with Gasteiger partial charge in [-0.2, -0.15) is 0 Å². The third kappa shape index (κ3) is 2.62. The zero-order valence-electron chi connectivity index (χ0n) is 8.32. The average molecular weight is 194 g/mol. The van der Waals surface area contributed by atoms with Crippen molar-refractivity contribution < 1.29 is 4.79 Å². The molecule has 1 aromatic heterocycles. The second-order valence-electron chi connectivity index (χ2n) is 2.97. The third-order valence-electron chi connectivity index (χ3n) is 1.87. The van der Waals surface area contributed by atoms with E-state index in [9.17, 15) is 4.79 Å². The zero-order chi connectivity index (χ0) is 10.6. The molecule has 0 saturated heterocycles. The van der Waals surface area contributed by atoms with Crippen LogP contribution >= 0.6 is 0 Å². The molecule has 0 atom stereocenters. The van der Waals surface area contributed by atoms with E-state index in [0.29, 0.717) is 12.4 Å². The molecule has 0 spiro atoms. The molecule has 1 heterocycles. The van der Waals surface area contributed by atoms with Gasteiger partial charge in [0.2, 0.25) is 5.91 Å². The Morgan fingerprint density at radius 3 is 3.00 bits per heavy atom. The minimum Gasteiger partial charge on any atom is -0.384 e. The normalized spacial score (nSPS) is 9.57. The largest absolute Gasteiger partial charge is 0.384 e. The smallest absolute Gasteiger partial charge is 0.239 e. The fourth-order valence-corrected chi connectivity index (χ4v) is 1.06. The number of nitrogen functional groups attached to an aromatic ring is 1. The van der Waals surface area contributed by atoms with Gasteiger partial charge in [0.1, 0.15) is 5.82 Å². The molecule has 5 heteroatoms. The van der Waals surface area contributed by atoms with Gasteiger partial charge in [0.15, 0.2) is 0 Å². The molecule has 0 aliphatic rings. The number of rotatable bonds is 3. The fourth-order valence-electron chi connectivity index (χ4n) is 1.06. The van der Waals surface area contributed by atoms with Crippen LogP contribution in [-0.2, 0) is 4.79 Å². The summed E-state index contributed by atoms with van der Waals surface area (Å²) in [5.74, 6) is 0.411. The Balaban J connectivity index is 2.69. The van der Waals surface area contributed by atoms with Gasteiger partial charge in [0.25, 0.3) is 0 Å². The van der Waals surface area contributed by atoms with Crippen LogP contribution in [0.1, 0.15) is 0 Å². The average Bonchev–Trinajstić information content (AvgIpc) is 2.17. The number of hydrogen-bond acceptors (Lipinski definition) is 4. The summed E-state index contributed by atoms with van der Waals surface area (Å²) in [6.07, 6.45) is 1.62. The van der Waals surface area contributed by atoms with Gasteiger partial charge in [0, 0.05) is 32.0 Å².